The van der Waals surface area contributed by atoms with Gasteiger partial charge in [0.2, 0.25) is 15.9 Å². The fourth-order valence-corrected chi connectivity index (χ4v) is 3.83. The Morgan fingerprint density at radius 2 is 2.08 bits per heavy atom. The number of carbonyl (C=O) groups excluding carboxylic acids is 2. The molecule has 0 spiro atoms. The van der Waals surface area contributed by atoms with E-state index in [1.165, 1.54) is 29.7 Å². The molecule has 138 valence electrons. The normalized spacial score (nSPS) is 14.7. The van der Waals surface area contributed by atoms with Crippen molar-refractivity contribution in [2.45, 2.75) is 24.2 Å². The maximum absolute atomic E-state index is 12.6. The van der Waals surface area contributed by atoms with Crippen LogP contribution in [0, 0.1) is 0 Å². The third kappa shape index (κ3) is 4.70. The summed E-state index contributed by atoms with van der Waals surface area (Å²) in [5, 5.41) is 2.59. The molecule has 0 aromatic carbocycles. The van der Waals surface area contributed by atoms with Crippen molar-refractivity contribution in [1.82, 2.24) is 19.5 Å². The van der Waals surface area contributed by atoms with Gasteiger partial charge in [0.1, 0.15) is 10.6 Å². The number of amides is 2. The van der Waals surface area contributed by atoms with Gasteiger partial charge in [-0.1, -0.05) is 6.58 Å². The van der Waals surface area contributed by atoms with Crippen LogP contribution in [0.1, 0.15) is 29.8 Å². The zero-order valence-electron chi connectivity index (χ0n) is 14.3. The number of H-pyrrole nitrogens is 1. The second-order valence-electron chi connectivity index (χ2n) is 5.92. The summed E-state index contributed by atoms with van der Waals surface area (Å²) in [5.74, 6) is -0.463. The van der Waals surface area contributed by atoms with Gasteiger partial charge >= 0.3 is 0 Å². The maximum Gasteiger partial charge on any atom is 0.270 e. The van der Waals surface area contributed by atoms with Crippen molar-refractivity contribution in [2.75, 3.05) is 33.2 Å². The predicted octanol–water partition coefficient (Wildman–Crippen LogP) is 0.564. The summed E-state index contributed by atoms with van der Waals surface area (Å²) in [6.45, 7) is 5.36. The molecule has 0 aliphatic carbocycles. The Bertz CT molecular complexity index is 735. The lowest BCUT2D eigenvalue weighted by atomic mass is 10.4. The summed E-state index contributed by atoms with van der Waals surface area (Å²) >= 11 is 0. The van der Waals surface area contributed by atoms with E-state index in [9.17, 15) is 18.0 Å². The van der Waals surface area contributed by atoms with Gasteiger partial charge < -0.3 is 15.2 Å². The molecule has 2 heterocycles. The van der Waals surface area contributed by atoms with E-state index < -0.39 is 10.0 Å². The second kappa shape index (κ2) is 8.30. The third-order valence-corrected chi connectivity index (χ3v) is 5.96. The fraction of sp³-hybridized carbons (Fsp3) is 0.500. The number of aromatic nitrogens is 1. The van der Waals surface area contributed by atoms with E-state index in [-0.39, 0.29) is 28.9 Å². The highest BCUT2D eigenvalue weighted by Gasteiger charge is 2.25. The van der Waals surface area contributed by atoms with Crippen LogP contribution in [-0.4, -0.2) is 67.6 Å². The molecule has 25 heavy (non-hydrogen) atoms. The van der Waals surface area contributed by atoms with Crippen LogP contribution < -0.4 is 5.32 Å². The number of aromatic amines is 1. The lowest BCUT2D eigenvalue weighted by molar-refractivity contribution is -0.116. The zero-order chi connectivity index (χ0) is 18.4. The predicted molar refractivity (Wildman–Crippen MR) is 93.6 cm³/mol. The summed E-state index contributed by atoms with van der Waals surface area (Å²) < 4.78 is 26.3. The quantitative estimate of drug-likeness (QED) is 0.517. The molecular formula is C16H24N4O4S. The highest BCUT2D eigenvalue weighted by molar-refractivity contribution is 7.89. The molecule has 1 fully saturated rings. The number of carbonyl (C=O) groups is 2. The van der Waals surface area contributed by atoms with Crippen LogP contribution in [-0.2, 0) is 14.8 Å². The van der Waals surface area contributed by atoms with E-state index in [0.29, 0.717) is 26.1 Å². The van der Waals surface area contributed by atoms with Crippen molar-refractivity contribution in [3.8, 4) is 0 Å². The van der Waals surface area contributed by atoms with Crippen molar-refractivity contribution in [3.05, 3.63) is 30.6 Å². The Kier molecular flexibility index (Phi) is 6.38. The SMILES string of the molecule is C=CC(=O)NCCCN(C)S(=O)(=O)c1c[nH]c(C(=O)N2CCCC2)c1. The minimum atomic E-state index is -3.68. The zero-order valence-corrected chi connectivity index (χ0v) is 15.1. The highest BCUT2D eigenvalue weighted by Crippen LogP contribution is 2.18. The molecule has 1 aromatic rings. The fourth-order valence-electron chi connectivity index (χ4n) is 2.62. The van der Waals surface area contributed by atoms with Crippen LogP contribution in [0.15, 0.2) is 29.8 Å². The van der Waals surface area contributed by atoms with Crippen LogP contribution in [0.2, 0.25) is 0 Å². The molecule has 1 aromatic heterocycles. The highest BCUT2D eigenvalue weighted by atomic mass is 32.2. The number of nitrogens with one attached hydrogen (secondary N) is 2. The van der Waals surface area contributed by atoms with Crippen LogP contribution >= 0.6 is 0 Å². The van der Waals surface area contributed by atoms with Gasteiger partial charge in [0, 0.05) is 39.4 Å². The molecule has 1 aliphatic heterocycles. The van der Waals surface area contributed by atoms with Gasteiger partial charge in [-0.3, -0.25) is 9.59 Å². The summed E-state index contributed by atoms with van der Waals surface area (Å²) in [6, 6.07) is 1.38. The van der Waals surface area contributed by atoms with E-state index in [4.69, 9.17) is 0 Å². The summed E-state index contributed by atoms with van der Waals surface area (Å²) in [4.78, 5) is 27.9. The van der Waals surface area contributed by atoms with Gasteiger partial charge in [-0.2, -0.15) is 0 Å². The summed E-state index contributed by atoms with van der Waals surface area (Å²) in [6.07, 6.45) is 4.93. The topological polar surface area (TPSA) is 103 Å². The largest absolute Gasteiger partial charge is 0.356 e. The van der Waals surface area contributed by atoms with Crippen LogP contribution in [0.4, 0.5) is 0 Å². The van der Waals surface area contributed by atoms with E-state index in [0.717, 1.165) is 12.8 Å². The first-order chi connectivity index (χ1) is 11.9. The molecule has 0 radical (unpaired) electrons. The lowest BCUT2D eigenvalue weighted by Gasteiger charge is -2.16. The minimum absolute atomic E-state index is 0.0627. The van der Waals surface area contributed by atoms with Crippen molar-refractivity contribution < 1.29 is 18.0 Å². The molecule has 2 rings (SSSR count). The van der Waals surface area contributed by atoms with Gasteiger partial charge in [0.25, 0.3) is 5.91 Å². The van der Waals surface area contributed by atoms with Gasteiger partial charge in [-0.15, -0.1) is 0 Å². The van der Waals surface area contributed by atoms with Crippen molar-refractivity contribution in [2.24, 2.45) is 0 Å². The first kappa shape index (κ1) is 19.2. The number of nitrogens with zero attached hydrogens (tertiary/aromatic N) is 2. The molecule has 0 bridgehead atoms. The number of likely N-dealkylation sites (tertiary alicyclic amines) is 1. The molecule has 8 nitrogen and oxygen atoms in total. The number of rotatable bonds is 8. The average Bonchev–Trinajstić information content (AvgIpc) is 3.29. The standard InChI is InChI=1S/C16H24N4O4S/c1-3-15(21)17-7-6-8-19(2)25(23,24)13-11-14(18-12-13)16(22)20-9-4-5-10-20/h3,11-12,18H,1,4-10H2,2H3,(H,17,21). The minimum Gasteiger partial charge on any atom is -0.356 e. The lowest BCUT2D eigenvalue weighted by Crippen LogP contribution is -2.31. The van der Waals surface area contributed by atoms with E-state index >= 15 is 0 Å². The van der Waals surface area contributed by atoms with Gasteiger partial charge in [-0.05, 0) is 31.4 Å². The first-order valence-corrected chi connectivity index (χ1v) is 9.64. The Morgan fingerprint density at radius 3 is 2.72 bits per heavy atom. The molecule has 0 atom stereocenters. The summed E-state index contributed by atoms with van der Waals surface area (Å²) in [5.41, 5.74) is 0.284. The number of sulfonamides is 1. The van der Waals surface area contributed by atoms with E-state index in [1.54, 1.807) is 4.90 Å². The van der Waals surface area contributed by atoms with Crippen LogP contribution in [0.3, 0.4) is 0 Å². The van der Waals surface area contributed by atoms with Gasteiger partial charge in [0.15, 0.2) is 0 Å². The average molecular weight is 368 g/mol. The Hall–Kier alpha value is -2.13. The van der Waals surface area contributed by atoms with Crippen molar-refractivity contribution in [3.63, 3.8) is 0 Å². The van der Waals surface area contributed by atoms with Gasteiger partial charge in [-0.25, -0.2) is 12.7 Å². The monoisotopic (exact) mass is 368 g/mol. The summed E-state index contributed by atoms with van der Waals surface area (Å²) in [7, 11) is -2.21. The molecular weight excluding hydrogens is 344 g/mol. The molecule has 2 amide bonds. The van der Waals surface area contributed by atoms with Crippen molar-refractivity contribution >= 4 is 21.8 Å². The van der Waals surface area contributed by atoms with Crippen molar-refractivity contribution in [1.29, 1.82) is 0 Å². The Morgan fingerprint density at radius 1 is 1.40 bits per heavy atom. The Labute approximate surface area is 147 Å². The third-order valence-electron chi connectivity index (χ3n) is 4.12. The first-order valence-electron chi connectivity index (χ1n) is 8.20. The molecule has 1 saturated heterocycles. The van der Waals surface area contributed by atoms with Crippen LogP contribution in [0.5, 0.6) is 0 Å². The van der Waals surface area contributed by atoms with Gasteiger partial charge in [0.05, 0.1) is 0 Å². The molecule has 0 unspecified atom stereocenters. The molecule has 0 saturated carbocycles. The smallest absolute Gasteiger partial charge is 0.270 e. The Balaban J connectivity index is 1.95. The number of hydrogen-bond acceptors (Lipinski definition) is 4. The van der Waals surface area contributed by atoms with E-state index in [1.807, 2.05) is 0 Å². The van der Waals surface area contributed by atoms with E-state index in [2.05, 4.69) is 16.9 Å². The molecule has 2 N–H and O–H groups in total. The molecule has 9 heteroatoms. The van der Waals surface area contributed by atoms with Crippen LogP contribution in [0.25, 0.3) is 0 Å². The molecule has 1 aliphatic rings. The second-order valence-corrected chi connectivity index (χ2v) is 7.97. The maximum atomic E-state index is 12.6. The number of hydrogen-bond donors (Lipinski definition) is 2.